The van der Waals surface area contributed by atoms with Gasteiger partial charge in [0.05, 0.1) is 24.0 Å². The molecule has 1 aliphatic heterocycles. The third-order valence-corrected chi connectivity index (χ3v) is 2.74. The Labute approximate surface area is 127 Å². The first-order valence-electron chi connectivity index (χ1n) is 6.82. The van der Waals surface area contributed by atoms with E-state index in [1.807, 2.05) is 0 Å². The van der Waals surface area contributed by atoms with Crippen LogP contribution in [0.25, 0.3) is 0 Å². The molecule has 0 saturated carbocycles. The highest BCUT2D eigenvalue weighted by Crippen LogP contribution is 2.16. The van der Waals surface area contributed by atoms with Gasteiger partial charge in [0, 0.05) is 0 Å². The van der Waals surface area contributed by atoms with Gasteiger partial charge in [-0.3, -0.25) is 4.79 Å². The van der Waals surface area contributed by atoms with Crippen LogP contribution in [0.15, 0.2) is 5.28 Å². The quantitative estimate of drug-likeness (QED) is 0.202. The van der Waals surface area contributed by atoms with Gasteiger partial charge in [0.25, 0.3) is 6.79 Å². The van der Waals surface area contributed by atoms with Crippen LogP contribution in [0.4, 0.5) is 4.79 Å². The van der Waals surface area contributed by atoms with Gasteiger partial charge >= 0.3 is 12.1 Å². The maximum absolute atomic E-state index is 11.6. The van der Waals surface area contributed by atoms with Gasteiger partial charge in [0.1, 0.15) is 5.60 Å². The highest BCUT2D eigenvalue weighted by molar-refractivity contribution is 5.70. The number of ether oxygens (including phenoxy) is 2. The smallest absolute Gasteiger partial charge is 0.511 e. The molecule has 0 amide bonds. The third-order valence-electron chi connectivity index (χ3n) is 2.74. The van der Waals surface area contributed by atoms with E-state index in [1.54, 1.807) is 20.8 Å². The number of carboxylic acid groups (broad SMARTS) is 1. The Morgan fingerprint density at radius 2 is 2.14 bits per heavy atom. The predicted molar refractivity (Wildman–Crippen MR) is 71.3 cm³/mol. The van der Waals surface area contributed by atoms with Crippen LogP contribution in [0.5, 0.6) is 0 Å². The minimum Gasteiger partial charge on any atom is -0.569 e. The Kier molecular flexibility index (Phi) is 6.20. The zero-order valence-electron chi connectivity index (χ0n) is 12.9. The van der Waals surface area contributed by atoms with Crippen molar-refractivity contribution in [3.05, 3.63) is 5.21 Å². The molecule has 0 aliphatic carbocycles. The Hall–Kier alpha value is -2.26. The van der Waals surface area contributed by atoms with Gasteiger partial charge in [-0.15, -0.1) is 5.01 Å². The largest absolute Gasteiger partial charge is 0.569 e. The summed E-state index contributed by atoms with van der Waals surface area (Å²) in [6, 6.07) is 0. The normalized spacial score (nSPS) is 19.5. The molecule has 126 valence electrons. The molecular weight excluding hydrogens is 298 g/mol. The molecule has 0 spiro atoms. The first-order chi connectivity index (χ1) is 10.2. The molecule has 10 nitrogen and oxygen atoms in total. The van der Waals surface area contributed by atoms with Gasteiger partial charge < -0.3 is 24.6 Å². The summed E-state index contributed by atoms with van der Waals surface area (Å²) in [7, 11) is 0. The van der Waals surface area contributed by atoms with Crippen molar-refractivity contribution >= 4 is 12.1 Å². The van der Waals surface area contributed by atoms with Crippen LogP contribution < -0.4 is 0 Å². The van der Waals surface area contributed by atoms with Crippen LogP contribution in [0.3, 0.4) is 0 Å². The molecular formula is C12H21N3O7. The number of hydrogen-bond acceptors (Lipinski definition) is 7. The number of carboxylic acids is 1. The molecule has 22 heavy (non-hydrogen) atoms. The number of carbonyl (C=O) groups is 2. The number of aliphatic carboxylic acids is 1. The average molecular weight is 319 g/mol. The summed E-state index contributed by atoms with van der Waals surface area (Å²) < 4.78 is 9.41. The van der Waals surface area contributed by atoms with Crippen LogP contribution in [-0.4, -0.2) is 52.7 Å². The zero-order valence-corrected chi connectivity index (χ0v) is 12.9. The molecule has 1 fully saturated rings. The molecule has 0 aromatic rings. The van der Waals surface area contributed by atoms with Crippen molar-refractivity contribution in [2.75, 3.05) is 19.9 Å². The van der Waals surface area contributed by atoms with E-state index in [9.17, 15) is 14.8 Å². The summed E-state index contributed by atoms with van der Waals surface area (Å²) in [5.74, 6) is -1.56. The van der Waals surface area contributed by atoms with Gasteiger partial charge in [0.2, 0.25) is 5.28 Å². The molecule has 1 rings (SSSR count). The van der Waals surface area contributed by atoms with E-state index in [4.69, 9.17) is 9.84 Å². The van der Waals surface area contributed by atoms with Crippen molar-refractivity contribution in [3.63, 3.8) is 0 Å². The lowest BCUT2D eigenvalue weighted by Gasteiger charge is -2.26. The maximum Gasteiger partial charge on any atom is 0.511 e. The monoisotopic (exact) mass is 319 g/mol. The van der Waals surface area contributed by atoms with E-state index in [2.05, 4.69) is 14.9 Å². The molecule has 1 atom stereocenters. The molecule has 1 aliphatic rings. The Bertz CT molecular complexity index is 433. The number of nitrogens with zero attached hydrogens (tertiary/aromatic N) is 3. The second-order valence-electron chi connectivity index (χ2n) is 5.78. The standard InChI is InChI=1S/C12H21N3O7/c1-12(2,3)22-11(18)20-8-21-13-15(19)14-6-4-5-9(7-14)10(16)17/h9H,4-8H2,1-3H3,(H,16,17). The lowest BCUT2D eigenvalue weighted by atomic mass is 10.00. The molecule has 0 aromatic carbocycles. The molecule has 0 bridgehead atoms. The van der Waals surface area contributed by atoms with Gasteiger partial charge in [-0.2, -0.15) is 0 Å². The fourth-order valence-corrected chi connectivity index (χ4v) is 1.79. The SMILES string of the molecule is CC(C)(C)OC(=O)OCON=[N+]([O-])N1CCCC(C(=O)O)C1. The fraction of sp³-hybridized carbons (Fsp3) is 0.833. The molecule has 0 radical (unpaired) electrons. The number of carbonyl (C=O) groups excluding carboxylic acids is 1. The van der Waals surface area contributed by atoms with E-state index in [1.165, 1.54) is 5.01 Å². The van der Waals surface area contributed by atoms with E-state index < -0.39 is 30.4 Å². The average Bonchev–Trinajstić information content (AvgIpc) is 2.41. The summed E-state index contributed by atoms with van der Waals surface area (Å²) in [5, 5.41) is 24.9. The van der Waals surface area contributed by atoms with E-state index >= 15 is 0 Å². The number of piperidine rings is 1. The Morgan fingerprint density at radius 3 is 2.73 bits per heavy atom. The van der Waals surface area contributed by atoms with Crippen LogP contribution in [0.2, 0.25) is 0 Å². The minimum atomic E-state index is -0.952. The topological polar surface area (TPSA) is 124 Å². The number of rotatable bonds is 5. The van der Waals surface area contributed by atoms with Crippen LogP contribution in [0.1, 0.15) is 33.6 Å². The maximum atomic E-state index is 11.6. The molecule has 1 saturated heterocycles. The van der Waals surface area contributed by atoms with Gasteiger partial charge in [-0.1, -0.05) is 0 Å². The highest BCUT2D eigenvalue weighted by Gasteiger charge is 2.29. The van der Waals surface area contributed by atoms with Crippen molar-refractivity contribution in [2.24, 2.45) is 11.2 Å². The van der Waals surface area contributed by atoms with Crippen LogP contribution in [0, 0.1) is 11.1 Å². The second-order valence-corrected chi connectivity index (χ2v) is 5.78. The van der Waals surface area contributed by atoms with Crippen molar-refractivity contribution < 1.29 is 34.0 Å². The van der Waals surface area contributed by atoms with Crippen molar-refractivity contribution in [1.29, 1.82) is 0 Å². The van der Waals surface area contributed by atoms with E-state index in [-0.39, 0.29) is 11.5 Å². The molecule has 1 unspecified atom stereocenters. The number of hydrogen-bond donors (Lipinski definition) is 1. The summed E-state index contributed by atoms with van der Waals surface area (Å²) in [4.78, 5) is 26.8. The first-order valence-corrected chi connectivity index (χ1v) is 6.82. The van der Waals surface area contributed by atoms with Crippen LogP contribution in [-0.2, 0) is 19.1 Å². The summed E-state index contributed by atoms with van der Waals surface area (Å²) >= 11 is 0. The molecule has 0 aromatic heterocycles. The lowest BCUT2D eigenvalue weighted by Crippen LogP contribution is -2.42. The van der Waals surface area contributed by atoms with Crippen molar-refractivity contribution in [3.8, 4) is 0 Å². The molecule has 1 N–H and O–H groups in total. The van der Waals surface area contributed by atoms with Crippen molar-refractivity contribution in [1.82, 2.24) is 5.01 Å². The summed E-state index contributed by atoms with van der Waals surface area (Å²) in [6.07, 6.45) is 0.145. The summed E-state index contributed by atoms with van der Waals surface area (Å²) in [5.41, 5.74) is -0.696. The predicted octanol–water partition coefficient (Wildman–Crippen LogP) is 1.50. The third kappa shape index (κ3) is 6.46. The highest BCUT2D eigenvalue weighted by atomic mass is 16.8. The first kappa shape index (κ1) is 17.8. The van der Waals surface area contributed by atoms with Crippen molar-refractivity contribution in [2.45, 2.75) is 39.2 Å². The van der Waals surface area contributed by atoms with Gasteiger partial charge in [0.15, 0.2) is 0 Å². The zero-order chi connectivity index (χ0) is 16.8. The minimum absolute atomic E-state index is 0.0542. The summed E-state index contributed by atoms with van der Waals surface area (Å²) in [6.45, 7) is 4.88. The second kappa shape index (κ2) is 7.66. The lowest BCUT2D eigenvalue weighted by molar-refractivity contribution is -0.714. The van der Waals surface area contributed by atoms with Gasteiger partial charge in [-0.05, 0) is 33.6 Å². The Balaban J connectivity index is 2.33. The van der Waals surface area contributed by atoms with E-state index in [0.29, 0.717) is 19.4 Å². The fourth-order valence-electron chi connectivity index (χ4n) is 1.79. The number of hydrazine groups is 1. The molecule has 1 heterocycles. The van der Waals surface area contributed by atoms with Crippen LogP contribution >= 0.6 is 0 Å². The van der Waals surface area contributed by atoms with E-state index in [0.717, 1.165) is 0 Å². The Morgan fingerprint density at radius 1 is 1.45 bits per heavy atom. The van der Waals surface area contributed by atoms with Gasteiger partial charge in [-0.25, -0.2) is 4.79 Å². The molecule has 10 heteroatoms.